The number of carbonyl (C=O) groups excluding carboxylic acids is 3. The van der Waals surface area contributed by atoms with Crippen LogP contribution < -0.4 is 5.32 Å². The van der Waals surface area contributed by atoms with Crippen LogP contribution in [0.3, 0.4) is 0 Å². The molecule has 0 radical (unpaired) electrons. The van der Waals surface area contributed by atoms with E-state index in [0.717, 1.165) is 17.5 Å². The molecule has 0 spiro atoms. The molecule has 6 nitrogen and oxygen atoms in total. The predicted molar refractivity (Wildman–Crippen MR) is 104 cm³/mol. The number of amides is 2. The second-order valence-corrected chi connectivity index (χ2v) is 6.84. The molecule has 1 aliphatic heterocycles. The highest BCUT2D eigenvalue weighted by Gasteiger charge is 2.34. The number of rotatable bonds is 8. The number of ether oxygens (including phenoxy) is 1. The molecule has 1 fully saturated rings. The van der Waals surface area contributed by atoms with Gasteiger partial charge in [-0.05, 0) is 17.5 Å². The van der Waals surface area contributed by atoms with Crippen LogP contribution in [0, 0.1) is 5.92 Å². The van der Waals surface area contributed by atoms with E-state index in [1.54, 1.807) is 4.90 Å². The summed E-state index contributed by atoms with van der Waals surface area (Å²) in [4.78, 5) is 38.0. The Morgan fingerprint density at radius 1 is 1.00 bits per heavy atom. The van der Waals surface area contributed by atoms with Gasteiger partial charge in [0, 0.05) is 19.5 Å². The van der Waals surface area contributed by atoms with E-state index in [2.05, 4.69) is 5.32 Å². The molecule has 0 bridgehead atoms. The van der Waals surface area contributed by atoms with E-state index in [4.69, 9.17) is 4.74 Å². The third-order valence-electron chi connectivity index (χ3n) is 4.75. The Morgan fingerprint density at radius 3 is 2.32 bits per heavy atom. The van der Waals surface area contributed by atoms with Crippen LogP contribution in [0.1, 0.15) is 17.5 Å². The summed E-state index contributed by atoms with van der Waals surface area (Å²) in [5.74, 6) is -1.23. The molecule has 0 aliphatic carbocycles. The third kappa shape index (κ3) is 5.67. The maximum absolute atomic E-state index is 12.3. The van der Waals surface area contributed by atoms with Crippen LogP contribution in [0.25, 0.3) is 0 Å². The minimum Gasteiger partial charge on any atom is -0.460 e. The molecule has 1 aliphatic rings. The highest BCUT2D eigenvalue weighted by Crippen LogP contribution is 2.18. The van der Waals surface area contributed by atoms with Crippen molar-refractivity contribution in [2.75, 3.05) is 19.6 Å². The molecule has 0 saturated carbocycles. The Bertz CT molecular complexity index is 808. The summed E-state index contributed by atoms with van der Waals surface area (Å²) in [5.41, 5.74) is 2.04. The van der Waals surface area contributed by atoms with E-state index in [0.29, 0.717) is 13.1 Å². The summed E-state index contributed by atoms with van der Waals surface area (Å²) >= 11 is 0. The van der Waals surface area contributed by atoms with Gasteiger partial charge in [-0.3, -0.25) is 14.4 Å². The second-order valence-electron chi connectivity index (χ2n) is 6.84. The topological polar surface area (TPSA) is 75.7 Å². The van der Waals surface area contributed by atoms with Crippen molar-refractivity contribution in [3.05, 3.63) is 71.8 Å². The largest absolute Gasteiger partial charge is 0.460 e. The number of benzene rings is 2. The van der Waals surface area contributed by atoms with Gasteiger partial charge in [0.15, 0.2) is 0 Å². The third-order valence-corrected chi connectivity index (χ3v) is 4.75. The fraction of sp³-hybridized carbons (Fsp3) is 0.318. The lowest BCUT2D eigenvalue weighted by Crippen LogP contribution is -2.36. The molecule has 146 valence electrons. The Hall–Kier alpha value is -3.15. The maximum atomic E-state index is 12.3. The summed E-state index contributed by atoms with van der Waals surface area (Å²) < 4.78 is 5.14. The van der Waals surface area contributed by atoms with Crippen molar-refractivity contribution < 1.29 is 19.1 Å². The number of hydrogen-bond donors (Lipinski definition) is 1. The van der Waals surface area contributed by atoms with Gasteiger partial charge in [-0.15, -0.1) is 0 Å². The summed E-state index contributed by atoms with van der Waals surface area (Å²) in [6.07, 6.45) is 0.937. The van der Waals surface area contributed by atoms with Crippen LogP contribution in [0.15, 0.2) is 60.7 Å². The number of nitrogens with zero attached hydrogens (tertiary/aromatic N) is 1. The number of hydrogen-bond acceptors (Lipinski definition) is 4. The Balaban J connectivity index is 1.38. The Morgan fingerprint density at radius 2 is 1.64 bits per heavy atom. The number of nitrogens with one attached hydrogen (secondary N) is 1. The van der Waals surface area contributed by atoms with Gasteiger partial charge in [-0.2, -0.15) is 0 Å². The first-order valence-corrected chi connectivity index (χ1v) is 9.41. The molecule has 6 heteroatoms. The number of carbonyl (C=O) groups is 3. The number of likely N-dealkylation sites (tertiary alicyclic amines) is 1. The SMILES string of the molecule is O=C(CNC(=O)C1CC(=O)N(CCc2ccccc2)C1)OCc1ccccc1. The van der Waals surface area contributed by atoms with Crippen molar-refractivity contribution in [3.8, 4) is 0 Å². The summed E-state index contributed by atoms with van der Waals surface area (Å²) in [6.45, 7) is 0.952. The van der Waals surface area contributed by atoms with Crippen molar-refractivity contribution in [3.63, 3.8) is 0 Å². The average molecular weight is 380 g/mol. The smallest absolute Gasteiger partial charge is 0.325 e. The summed E-state index contributed by atoms with van der Waals surface area (Å²) in [6, 6.07) is 19.3. The molecule has 1 N–H and O–H groups in total. The van der Waals surface area contributed by atoms with Gasteiger partial charge in [0.25, 0.3) is 0 Å². The zero-order valence-corrected chi connectivity index (χ0v) is 15.7. The first-order valence-electron chi connectivity index (χ1n) is 9.41. The van der Waals surface area contributed by atoms with E-state index >= 15 is 0 Å². The molecule has 1 atom stereocenters. The fourth-order valence-corrected chi connectivity index (χ4v) is 3.17. The minimum atomic E-state index is -0.498. The van der Waals surface area contributed by atoms with Crippen LogP contribution in [0.4, 0.5) is 0 Å². The Kier molecular flexibility index (Phi) is 6.78. The fourth-order valence-electron chi connectivity index (χ4n) is 3.17. The molecular weight excluding hydrogens is 356 g/mol. The molecule has 3 rings (SSSR count). The van der Waals surface area contributed by atoms with Crippen LogP contribution in [-0.2, 0) is 32.1 Å². The lowest BCUT2D eigenvalue weighted by atomic mass is 10.1. The van der Waals surface area contributed by atoms with Gasteiger partial charge in [0.2, 0.25) is 11.8 Å². The van der Waals surface area contributed by atoms with Gasteiger partial charge >= 0.3 is 5.97 Å². The minimum absolute atomic E-state index is 0.0252. The van der Waals surface area contributed by atoms with Crippen molar-refractivity contribution in [2.45, 2.75) is 19.4 Å². The first kappa shape index (κ1) is 19.6. The molecule has 1 unspecified atom stereocenters. The van der Waals surface area contributed by atoms with E-state index in [-0.39, 0.29) is 31.4 Å². The summed E-state index contributed by atoms with van der Waals surface area (Å²) in [7, 11) is 0. The molecule has 1 saturated heterocycles. The van der Waals surface area contributed by atoms with Crippen molar-refractivity contribution in [1.82, 2.24) is 10.2 Å². The van der Waals surface area contributed by atoms with Gasteiger partial charge in [0.1, 0.15) is 13.2 Å². The molecule has 2 aromatic carbocycles. The highest BCUT2D eigenvalue weighted by molar-refractivity contribution is 5.90. The lowest BCUT2D eigenvalue weighted by molar-refractivity contribution is -0.145. The molecule has 1 heterocycles. The van der Waals surface area contributed by atoms with Crippen molar-refractivity contribution >= 4 is 17.8 Å². The van der Waals surface area contributed by atoms with E-state index < -0.39 is 11.9 Å². The quantitative estimate of drug-likeness (QED) is 0.710. The van der Waals surface area contributed by atoms with Crippen molar-refractivity contribution in [2.24, 2.45) is 5.92 Å². The zero-order chi connectivity index (χ0) is 19.8. The number of esters is 1. The molecule has 2 aromatic rings. The molecule has 0 aromatic heterocycles. The van der Waals surface area contributed by atoms with Gasteiger partial charge < -0.3 is 15.0 Å². The van der Waals surface area contributed by atoms with Gasteiger partial charge in [-0.1, -0.05) is 60.7 Å². The lowest BCUT2D eigenvalue weighted by Gasteiger charge is -2.16. The first-order chi connectivity index (χ1) is 13.6. The van der Waals surface area contributed by atoms with Crippen molar-refractivity contribution in [1.29, 1.82) is 0 Å². The van der Waals surface area contributed by atoms with E-state index in [1.807, 2.05) is 60.7 Å². The van der Waals surface area contributed by atoms with Gasteiger partial charge in [-0.25, -0.2) is 0 Å². The molecule has 28 heavy (non-hydrogen) atoms. The monoisotopic (exact) mass is 380 g/mol. The zero-order valence-electron chi connectivity index (χ0n) is 15.7. The van der Waals surface area contributed by atoms with Crippen LogP contribution in [0.2, 0.25) is 0 Å². The van der Waals surface area contributed by atoms with Crippen LogP contribution >= 0.6 is 0 Å². The standard InChI is InChI=1S/C22H24N2O4/c25-20-13-19(15-24(20)12-11-17-7-3-1-4-8-17)22(27)23-14-21(26)28-16-18-9-5-2-6-10-18/h1-10,19H,11-16H2,(H,23,27). The maximum Gasteiger partial charge on any atom is 0.325 e. The molecule has 2 amide bonds. The second kappa shape index (κ2) is 9.69. The average Bonchev–Trinajstić information content (AvgIpc) is 3.11. The van der Waals surface area contributed by atoms with Gasteiger partial charge in [0.05, 0.1) is 5.92 Å². The Labute approximate surface area is 164 Å². The predicted octanol–water partition coefficient (Wildman–Crippen LogP) is 1.94. The normalized spacial score (nSPS) is 16.1. The van der Waals surface area contributed by atoms with Crippen LogP contribution in [-0.4, -0.2) is 42.3 Å². The van der Waals surface area contributed by atoms with E-state index in [9.17, 15) is 14.4 Å². The van der Waals surface area contributed by atoms with E-state index in [1.165, 1.54) is 0 Å². The highest BCUT2D eigenvalue weighted by atomic mass is 16.5. The molecular formula is C22H24N2O4. The van der Waals surface area contributed by atoms with Crippen LogP contribution in [0.5, 0.6) is 0 Å². The summed E-state index contributed by atoms with van der Waals surface area (Å²) in [5, 5.41) is 2.58.